The Morgan fingerprint density at radius 2 is 1.74 bits per heavy atom. The van der Waals surface area contributed by atoms with Crippen molar-refractivity contribution < 1.29 is 4.79 Å². The van der Waals surface area contributed by atoms with Crippen LogP contribution in [-0.4, -0.2) is 40.2 Å². The van der Waals surface area contributed by atoms with Crippen LogP contribution in [0.5, 0.6) is 0 Å². The highest BCUT2D eigenvalue weighted by atomic mass is 35.5. The predicted molar refractivity (Wildman–Crippen MR) is 124 cm³/mol. The zero-order valence-electron chi connectivity index (χ0n) is 18.0. The highest BCUT2D eigenvalue weighted by Crippen LogP contribution is 2.19. The molecule has 0 bridgehead atoms. The van der Waals surface area contributed by atoms with E-state index in [1.165, 1.54) is 6.07 Å². The maximum absolute atomic E-state index is 12.9. The quantitative estimate of drug-likeness (QED) is 0.577. The third-order valence-electron chi connectivity index (χ3n) is 5.29. The Bertz CT molecular complexity index is 1080. The second kappa shape index (κ2) is 10.4. The smallest absolute Gasteiger partial charge is 0.275 e. The monoisotopic (exact) mass is 438 g/mol. The summed E-state index contributed by atoms with van der Waals surface area (Å²) in [5.74, 6) is -0.485. The van der Waals surface area contributed by atoms with Gasteiger partial charge in [0.2, 0.25) is 5.43 Å². The third kappa shape index (κ3) is 5.40. The minimum absolute atomic E-state index is 0.00379. The number of aromatic nitrogens is 2. The number of halogens is 1. The van der Waals surface area contributed by atoms with Gasteiger partial charge in [0.15, 0.2) is 5.69 Å². The first-order valence-electron chi connectivity index (χ1n) is 10.4. The summed E-state index contributed by atoms with van der Waals surface area (Å²) >= 11 is 5.97. The SMILES string of the molecule is CCN(CC)C(CNC(=O)c1nn(-c2ccc(Cl)cc2)c(C)cc1=O)c1ccccc1. The molecule has 0 aliphatic heterocycles. The molecule has 7 heteroatoms. The van der Waals surface area contributed by atoms with Crippen molar-refractivity contribution in [3.8, 4) is 5.69 Å². The number of hydrogen-bond donors (Lipinski definition) is 1. The molecule has 162 valence electrons. The maximum atomic E-state index is 12.9. The Labute approximate surface area is 187 Å². The fraction of sp³-hybridized carbons (Fsp3) is 0.292. The van der Waals surface area contributed by atoms with Crippen LogP contribution in [0.3, 0.4) is 0 Å². The van der Waals surface area contributed by atoms with Gasteiger partial charge in [-0.25, -0.2) is 4.68 Å². The summed E-state index contributed by atoms with van der Waals surface area (Å²) in [4.78, 5) is 27.7. The molecule has 1 N–H and O–H groups in total. The van der Waals surface area contributed by atoms with E-state index >= 15 is 0 Å². The van der Waals surface area contributed by atoms with Crippen molar-refractivity contribution in [2.45, 2.75) is 26.8 Å². The van der Waals surface area contributed by atoms with Crippen molar-refractivity contribution in [3.63, 3.8) is 0 Å². The van der Waals surface area contributed by atoms with Gasteiger partial charge in [-0.05, 0) is 49.8 Å². The van der Waals surface area contributed by atoms with Gasteiger partial charge in [0, 0.05) is 23.3 Å². The average molecular weight is 439 g/mol. The standard InChI is InChI=1S/C24H27ClN4O2/c1-4-28(5-2)21(18-9-7-6-8-10-18)16-26-24(31)23-22(30)15-17(3)29(27-23)20-13-11-19(25)12-14-20/h6-15,21H,4-5,16H2,1-3H3,(H,26,31). The van der Waals surface area contributed by atoms with Crippen LogP contribution in [0.1, 0.15) is 41.6 Å². The van der Waals surface area contributed by atoms with Gasteiger partial charge >= 0.3 is 0 Å². The summed E-state index contributed by atoms with van der Waals surface area (Å²) in [6, 6.07) is 18.5. The molecule has 3 rings (SSSR count). The van der Waals surface area contributed by atoms with Crippen LogP contribution in [0.2, 0.25) is 5.02 Å². The molecule has 1 atom stereocenters. The number of carbonyl (C=O) groups excluding carboxylic acids is 1. The van der Waals surface area contributed by atoms with Crippen LogP contribution in [0.4, 0.5) is 0 Å². The zero-order valence-corrected chi connectivity index (χ0v) is 18.8. The van der Waals surface area contributed by atoms with Gasteiger partial charge in [-0.1, -0.05) is 55.8 Å². The fourth-order valence-corrected chi connectivity index (χ4v) is 3.74. The van der Waals surface area contributed by atoms with Gasteiger partial charge in [-0.15, -0.1) is 0 Å². The van der Waals surface area contributed by atoms with E-state index in [1.807, 2.05) is 30.3 Å². The molecule has 0 fully saturated rings. The molecule has 2 aromatic carbocycles. The zero-order chi connectivity index (χ0) is 22.4. The third-order valence-corrected chi connectivity index (χ3v) is 5.54. The molecule has 3 aromatic rings. The summed E-state index contributed by atoms with van der Waals surface area (Å²) in [6.07, 6.45) is 0. The molecule has 1 aromatic heterocycles. The van der Waals surface area contributed by atoms with E-state index in [2.05, 4.69) is 29.2 Å². The van der Waals surface area contributed by atoms with Gasteiger partial charge < -0.3 is 5.32 Å². The van der Waals surface area contributed by atoms with E-state index in [0.29, 0.717) is 17.3 Å². The average Bonchev–Trinajstić information content (AvgIpc) is 2.78. The highest BCUT2D eigenvalue weighted by molar-refractivity contribution is 6.30. The first-order valence-corrected chi connectivity index (χ1v) is 10.8. The van der Waals surface area contributed by atoms with E-state index in [4.69, 9.17) is 11.6 Å². The van der Waals surface area contributed by atoms with Crippen molar-refractivity contribution in [3.05, 3.63) is 92.9 Å². The van der Waals surface area contributed by atoms with Gasteiger partial charge in [0.25, 0.3) is 5.91 Å². The number of nitrogens with one attached hydrogen (secondary N) is 1. The molecule has 0 saturated heterocycles. The Kier molecular flexibility index (Phi) is 7.60. The lowest BCUT2D eigenvalue weighted by molar-refractivity contribution is 0.0927. The van der Waals surface area contributed by atoms with E-state index < -0.39 is 11.3 Å². The van der Waals surface area contributed by atoms with Gasteiger partial charge in [0.1, 0.15) is 0 Å². The summed E-state index contributed by atoms with van der Waals surface area (Å²) < 4.78 is 1.58. The number of aryl methyl sites for hydroxylation is 1. The second-order valence-corrected chi connectivity index (χ2v) is 7.68. The van der Waals surface area contributed by atoms with Crippen molar-refractivity contribution >= 4 is 17.5 Å². The van der Waals surface area contributed by atoms with Gasteiger partial charge in [-0.3, -0.25) is 14.5 Å². The van der Waals surface area contributed by atoms with E-state index in [0.717, 1.165) is 24.3 Å². The molecule has 31 heavy (non-hydrogen) atoms. The Hall–Kier alpha value is -2.96. The summed E-state index contributed by atoms with van der Waals surface area (Å²) in [5.41, 5.74) is 1.93. The Morgan fingerprint density at radius 3 is 2.35 bits per heavy atom. The Morgan fingerprint density at radius 1 is 1.10 bits per heavy atom. The van der Waals surface area contributed by atoms with Gasteiger partial charge in [0.05, 0.1) is 11.7 Å². The normalized spacial score (nSPS) is 12.0. The van der Waals surface area contributed by atoms with Crippen LogP contribution in [0.25, 0.3) is 5.69 Å². The van der Waals surface area contributed by atoms with Crippen LogP contribution >= 0.6 is 11.6 Å². The molecule has 6 nitrogen and oxygen atoms in total. The van der Waals surface area contributed by atoms with Crippen LogP contribution in [-0.2, 0) is 0 Å². The molecule has 1 unspecified atom stereocenters. The first kappa shape index (κ1) is 22.7. The number of hydrogen-bond acceptors (Lipinski definition) is 4. The number of benzene rings is 2. The van der Waals surface area contributed by atoms with Crippen molar-refractivity contribution in [2.24, 2.45) is 0 Å². The van der Waals surface area contributed by atoms with Crippen LogP contribution in [0, 0.1) is 6.92 Å². The number of carbonyl (C=O) groups is 1. The lowest BCUT2D eigenvalue weighted by atomic mass is 10.0. The lowest BCUT2D eigenvalue weighted by Crippen LogP contribution is -2.40. The van der Waals surface area contributed by atoms with Gasteiger partial charge in [-0.2, -0.15) is 5.10 Å². The summed E-state index contributed by atoms with van der Waals surface area (Å²) in [5, 5.41) is 7.86. The Balaban J connectivity index is 1.86. The van der Waals surface area contributed by atoms with Crippen LogP contribution in [0.15, 0.2) is 65.5 Å². The number of likely N-dealkylation sites (N-methyl/N-ethyl adjacent to an activating group) is 1. The minimum atomic E-state index is -0.485. The number of nitrogens with zero attached hydrogens (tertiary/aromatic N) is 3. The summed E-state index contributed by atoms with van der Waals surface area (Å²) in [6.45, 7) is 8.02. The number of rotatable bonds is 8. The topological polar surface area (TPSA) is 67.2 Å². The number of amides is 1. The fourth-order valence-electron chi connectivity index (χ4n) is 3.62. The molecule has 0 radical (unpaired) electrons. The summed E-state index contributed by atoms with van der Waals surface area (Å²) in [7, 11) is 0. The molecule has 0 aliphatic carbocycles. The lowest BCUT2D eigenvalue weighted by Gasteiger charge is -2.30. The van der Waals surface area contributed by atoms with E-state index in [9.17, 15) is 9.59 Å². The van der Waals surface area contributed by atoms with Crippen molar-refractivity contribution in [2.75, 3.05) is 19.6 Å². The van der Waals surface area contributed by atoms with E-state index in [1.54, 1.807) is 35.9 Å². The molecule has 0 spiro atoms. The molecule has 1 amide bonds. The van der Waals surface area contributed by atoms with Crippen molar-refractivity contribution in [1.82, 2.24) is 20.0 Å². The largest absolute Gasteiger partial charge is 0.349 e. The first-order chi connectivity index (χ1) is 14.9. The van der Waals surface area contributed by atoms with Crippen molar-refractivity contribution in [1.29, 1.82) is 0 Å². The molecular formula is C24H27ClN4O2. The minimum Gasteiger partial charge on any atom is -0.349 e. The predicted octanol–water partition coefficient (Wildman–Crippen LogP) is 4.01. The second-order valence-electron chi connectivity index (χ2n) is 7.24. The molecule has 0 saturated carbocycles. The maximum Gasteiger partial charge on any atom is 0.275 e. The van der Waals surface area contributed by atoms with Crippen LogP contribution < -0.4 is 10.7 Å². The molecule has 1 heterocycles. The molecule has 0 aliphatic rings. The van der Waals surface area contributed by atoms with E-state index in [-0.39, 0.29) is 11.7 Å². The highest BCUT2D eigenvalue weighted by Gasteiger charge is 2.21. The molecular weight excluding hydrogens is 412 g/mol.